The van der Waals surface area contributed by atoms with Gasteiger partial charge in [0.2, 0.25) is 0 Å². The third kappa shape index (κ3) is 3.22. The van der Waals surface area contributed by atoms with Crippen molar-refractivity contribution in [1.82, 2.24) is 0 Å². The van der Waals surface area contributed by atoms with Crippen molar-refractivity contribution in [2.75, 3.05) is 31.3 Å². The average molecular weight is 274 g/mol. The van der Waals surface area contributed by atoms with Crippen LogP contribution in [-0.2, 0) is 11.2 Å². The van der Waals surface area contributed by atoms with Crippen LogP contribution in [0.2, 0.25) is 0 Å². The Morgan fingerprint density at radius 1 is 1.28 bits per heavy atom. The first-order chi connectivity index (χ1) is 8.65. The van der Waals surface area contributed by atoms with Gasteiger partial charge < -0.3 is 9.84 Å². The Balaban J connectivity index is 1.73. The second-order valence-electron chi connectivity index (χ2n) is 4.70. The van der Waals surface area contributed by atoms with E-state index in [9.17, 15) is 13.9 Å². The number of ether oxygens (including phenoxy) is 1. The van der Waals surface area contributed by atoms with Crippen LogP contribution in [-0.4, -0.2) is 36.4 Å². The third-order valence-electron chi connectivity index (χ3n) is 3.08. The fourth-order valence-corrected chi connectivity index (χ4v) is 3.00. The van der Waals surface area contributed by atoms with Gasteiger partial charge in [0.05, 0.1) is 19.8 Å². The molecule has 100 valence electrons. The van der Waals surface area contributed by atoms with Crippen molar-refractivity contribution in [2.45, 2.75) is 6.42 Å². The van der Waals surface area contributed by atoms with Gasteiger partial charge in [0.1, 0.15) is 0 Å². The van der Waals surface area contributed by atoms with Gasteiger partial charge in [0, 0.05) is 11.2 Å². The van der Waals surface area contributed by atoms with Crippen molar-refractivity contribution in [1.29, 1.82) is 0 Å². The minimum absolute atomic E-state index is 0.0846. The molecule has 5 heteroatoms. The van der Waals surface area contributed by atoms with E-state index in [0.717, 1.165) is 23.1 Å². The van der Waals surface area contributed by atoms with Gasteiger partial charge in [-0.25, -0.2) is 8.78 Å². The number of aliphatic hydroxyl groups is 1. The van der Waals surface area contributed by atoms with Crippen molar-refractivity contribution >= 4 is 11.8 Å². The molecule has 1 saturated heterocycles. The second-order valence-corrected chi connectivity index (χ2v) is 5.81. The van der Waals surface area contributed by atoms with E-state index in [1.165, 1.54) is 6.07 Å². The van der Waals surface area contributed by atoms with E-state index in [1.807, 2.05) is 0 Å². The van der Waals surface area contributed by atoms with Crippen LogP contribution in [0.1, 0.15) is 5.56 Å². The summed E-state index contributed by atoms with van der Waals surface area (Å²) < 4.78 is 30.8. The minimum atomic E-state index is -0.808. The van der Waals surface area contributed by atoms with Gasteiger partial charge in [-0.3, -0.25) is 0 Å². The van der Waals surface area contributed by atoms with Crippen LogP contribution >= 0.6 is 11.8 Å². The van der Waals surface area contributed by atoms with Crippen LogP contribution < -0.4 is 0 Å². The van der Waals surface area contributed by atoms with Gasteiger partial charge in [-0.05, 0) is 29.9 Å². The number of hydrogen-bond acceptors (Lipinski definition) is 3. The largest absolute Gasteiger partial charge is 0.396 e. The second kappa shape index (κ2) is 5.99. The molecule has 0 atom stereocenters. The lowest BCUT2D eigenvalue weighted by molar-refractivity contribution is -0.121. The fourth-order valence-electron chi connectivity index (χ4n) is 1.78. The van der Waals surface area contributed by atoms with E-state index in [2.05, 4.69) is 0 Å². The summed E-state index contributed by atoms with van der Waals surface area (Å²) in [6.07, 6.45) is 0.699. The molecular formula is C13H16F2O2S. The molecule has 1 aromatic carbocycles. The number of aryl methyl sites for hydroxylation is 1. The summed E-state index contributed by atoms with van der Waals surface area (Å²) in [5.74, 6) is 0.0639. The average Bonchev–Trinajstić information content (AvgIpc) is 2.32. The Hall–Kier alpha value is -0.650. The zero-order valence-corrected chi connectivity index (χ0v) is 10.8. The smallest absolute Gasteiger partial charge is 0.159 e. The maximum Gasteiger partial charge on any atom is 0.159 e. The third-order valence-corrected chi connectivity index (χ3v) is 4.39. The van der Waals surface area contributed by atoms with Crippen molar-refractivity contribution in [3.05, 3.63) is 35.4 Å². The highest BCUT2D eigenvalue weighted by Gasteiger charge is 2.37. The van der Waals surface area contributed by atoms with Crippen LogP contribution in [0.15, 0.2) is 18.2 Å². The molecule has 1 aliphatic heterocycles. The van der Waals surface area contributed by atoms with Gasteiger partial charge >= 0.3 is 0 Å². The molecule has 1 N–H and O–H groups in total. The van der Waals surface area contributed by atoms with E-state index >= 15 is 0 Å². The first kappa shape index (κ1) is 13.8. The molecule has 0 bridgehead atoms. The molecule has 1 heterocycles. The number of aliphatic hydroxyl groups excluding tert-OH is 1. The molecule has 0 amide bonds. The maximum atomic E-state index is 13.0. The number of halogens is 2. The van der Waals surface area contributed by atoms with Gasteiger partial charge in [-0.2, -0.15) is 11.8 Å². The highest BCUT2D eigenvalue weighted by atomic mass is 32.2. The monoisotopic (exact) mass is 274 g/mol. The number of benzene rings is 1. The molecule has 0 aromatic heterocycles. The standard InChI is InChI=1S/C13H16F2O2S/c14-11-2-1-10(5-12(11)15)3-4-18-9-13(6-16)7-17-8-13/h1-2,5,16H,3-4,6-9H2. The van der Waals surface area contributed by atoms with Crippen LogP contribution in [0.4, 0.5) is 8.78 Å². The molecular weight excluding hydrogens is 258 g/mol. The Bertz CT molecular complexity index is 402. The summed E-state index contributed by atoms with van der Waals surface area (Å²) in [5, 5.41) is 9.24. The first-order valence-electron chi connectivity index (χ1n) is 5.85. The molecule has 18 heavy (non-hydrogen) atoms. The van der Waals surface area contributed by atoms with Crippen LogP contribution in [0.3, 0.4) is 0 Å². The molecule has 1 aliphatic rings. The maximum absolute atomic E-state index is 13.0. The van der Waals surface area contributed by atoms with E-state index in [1.54, 1.807) is 17.8 Å². The summed E-state index contributed by atoms with van der Waals surface area (Å²) in [4.78, 5) is 0. The zero-order chi connectivity index (χ0) is 13.0. The van der Waals surface area contributed by atoms with E-state index in [0.29, 0.717) is 19.6 Å². The summed E-state index contributed by atoms with van der Waals surface area (Å²) in [5.41, 5.74) is 0.711. The van der Waals surface area contributed by atoms with Gasteiger partial charge in [-0.1, -0.05) is 6.07 Å². The van der Waals surface area contributed by atoms with Crippen molar-refractivity contribution in [3.8, 4) is 0 Å². The van der Waals surface area contributed by atoms with E-state index in [4.69, 9.17) is 4.74 Å². The summed E-state index contributed by atoms with van der Waals surface area (Å²) >= 11 is 1.71. The molecule has 0 radical (unpaired) electrons. The summed E-state index contributed by atoms with van der Waals surface area (Å²) in [6.45, 7) is 1.37. The molecule has 0 saturated carbocycles. The number of hydrogen-bond donors (Lipinski definition) is 1. The Kier molecular flexibility index (Phi) is 4.59. The zero-order valence-electron chi connectivity index (χ0n) is 9.99. The van der Waals surface area contributed by atoms with Gasteiger partial charge in [-0.15, -0.1) is 0 Å². The van der Waals surface area contributed by atoms with E-state index < -0.39 is 11.6 Å². The predicted octanol–water partition coefficient (Wildman–Crippen LogP) is 2.25. The van der Waals surface area contributed by atoms with Crippen molar-refractivity contribution in [3.63, 3.8) is 0 Å². The lowest BCUT2D eigenvalue weighted by atomic mass is 9.90. The van der Waals surface area contributed by atoms with Gasteiger partial charge in [0.15, 0.2) is 11.6 Å². The summed E-state index contributed by atoms with van der Waals surface area (Å²) in [7, 11) is 0. The molecule has 1 fully saturated rings. The first-order valence-corrected chi connectivity index (χ1v) is 7.01. The molecule has 2 nitrogen and oxygen atoms in total. The van der Waals surface area contributed by atoms with Crippen molar-refractivity contribution < 1.29 is 18.6 Å². The molecule has 0 unspecified atom stereocenters. The Morgan fingerprint density at radius 3 is 2.61 bits per heavy atom. The van der Waals surface area contributed by atoms with E-state index in [-0.39, 0.29) is 12.0 Å². The van der Waals surface area contributed by atoms with Crippen LogP contribution in [0, 0.1) is 17.0 Å². The van der Waals surface area contributed by atoms with Gasteiger partial charge in [0.25, 0.3) is 0 Å². The molecule has 0 spiro atoms. The summed E-state index contributed by atoms with van der Waals surface area (Å²) in [6, 6.07) is 4.00. The quantitative estimate of drug-likeness (QED) is 0.807. The molecule has 0 aliphatic carbocycles. The van der Waals surface area contributed by atoms with Crippen LogP contribution in [0.5, 0.6) is 0 Å². The number of rotatable bonds is 6. The lowest BCUT2D eigenvalue weighted by Gasteiger charge is -2.39. The topological polar surface area (TPSA) is 29.5 Å². The lowest BCUT2D eigenvalue weighted by Crippen LogP contribution is -2.47. The normalized spacial score (nSPS) is 17.5. The molecule has 2 rings (SSSR count). The highest BCUT2D eigenvalue weighted by Crippen LogP contribution is 2.31. The molecule has 1 aromatic rings. The fraction of sp³-hybridized carbons (Fsp3) is 0.538. The SMILES string of the molecule is OCC1(CSCCc2ccc(F)c(F)c2)COC1. The highest BCUT2D eigenvalue weighted by molar-refractivity contribution is 7.99. The minimum Gasteiger partial charge on any atom is -0.396 e. The van der Waals surface area contributed by atoms with Crippen molar-refractivity contribution in [2.24, 2.45) is 5.41 Å². The Labute approximate surface area is 109 Å². The van der Waals surface area contributed by atoms with Crippen LogP contribution in [0.25, 0.3) is 0 Å². The Morgan fingerprint density at radius 2 is 2.06 bits per heavy atom. The number of thioether (sulfide) groups is 1. The predicted molar refractivity (Wildman–Crippen MR) is 67.7 cm³/mol.